The highest BCUT2D eigenvalue weighted by Crippen LogP contribution is 2.28. The fraction of sp³-hybridized carbons (Fsp3) is 0.250. The number of aromatic amines is 1. The van der Waals surface area contributed by atoms with Crippen molar-refractivity contribution >= 4 is 23.2 Å². The number of aryl methyl sites for hydroxylation is 2. The molecule has 6 heteroatoms. The van der Waals surface area contributed by atoms with Gasteiger partial charge in [0.05, 0.1) is 12.8 Å². The topological polar surface area (TPSA) is 71.2 Å². The number of anilines is 1. The number of hydrogen-bond acceptors (Lipinski definition) is 3. The monoisotopic (exact) mass is 318 g/mol. The number of H-pyrrole nitrogens is 1. The van der Waals surface area contributed by atoms with E-state index in [1.807, 2.05) is 0 Å². The Labute approximate surface area is 132 Å². The quantitative estimate of drug-likeness (QED) is 0.914. The Kier molecular flexibility index (Phi) is 3.90. The number of halogens is 1. The van der Waals surface area contributed by atoms with Gasteiger partial charge in [-0.15, -0.1) is 0 Å². The first-order valence-electron chi connectivity index (χ1n) is 6.98. The number of pyridine rings is 1. The van der Waals surface area contributed by atoms with Gasteiger partial charge < -0.3 is 15.0 Å². The van der Waals surface area contributed by atoms with Gasteiger partial charge in [0, 0.05) is 10.7 Å². The number of carbonyl (C=O) groups excluding carboxylic acids is 1. The van der Waals surface area contributed by atoms with E-state index in [1.165, 1.54) is 7.11 Å². The van der Waals surface area contributed by atoms with Gasteiger partial charge in [-0.2, -0.15) is 0 Å². The predicted molar refractivity (Wildman–Crippen MR) is 85.0 cm³/mol. The first-order chi connectivity index (χ1) is 10.6. The number of methoxy groups -OCH3 is 1. The Morgan fingerprint density at radius 2 is 2.14 bits per heavy atom. The van der Waals surface area contributed by atoms with E-state index in [0.717, 1.165) is 30.5 Å². The molecule has 0 fully saturated rings. The number of ether oxygens (including phenoxy) is 1. The molecule has 2 N–H and O–H groups in total. The van der Waals surface area contributed by atoms with Gasteiger partial charge in [-0.3, -0.25) is 9.59 Å². The van der Waals surface area contributed by atoms with E-state index in [0.29, 0.717) is 16.5 Å². The summed E-state index contributed by atoms with van der Waals surface area (Å²) >= 11 is 5.94. The first-order valence-corrected chi connectivity index (χ1v) is 7.36. The lowest BCUT2D eigenvalue weighted by Gasteiger charge is -2.11. The van der Waals surface area contributed by atoms with Crippen LogP contribution in [0.25, 0.3) is 0 Å². The molecule has 0 spiro atoms. The number of benzene rings is 1. The summed E-state index contributed by atoms with van der Waals surface area (Å²) in [4.78, 5) is 27.2. The molecule has 1 aliphatic rings. The molecule has 1 aromatic heterocycles. The number of nitrogens with one attached hydrogen (secondary N) is 2. The van der Waals surface area contributed by atoms with Crippen LogP contribution >= 0.6 is 11.6 Å². The second-order valence-electron chi connectivity index (χ2n) is 5.17. The van der Waals surface area contributed by atoms with Gasteiger partial charge in [0.15, 0.2) is 0 Å². The molecule has 1 aliphatic carbocycles. The summed E-state index contributed by atoms with van der Waals surface area (Å²) in [5.41, 5.74) is 2.12. The lowest BCUT2D eigenvalue weighted by molar-refractivity contribution is 0.102. The van der Waals surface area contributed by atoms with Crippen molar-refractivity contribution in [3.05, 3.63) is 56.5 Å². The second-order valence-corrected chi connectivity index (χ2v) is 5.60. The van der Waals surface area contributed by atoms with Gasteiger partial charge in [0.1, 0.15) is 11.3 Å². The van der Waals surface area contributed by atoms with Crippen molar-refractivity contribution in [2.45, 2.75) is 19.3 Å². The molecule has 0 unspecified atom stereocenters. The van der Waals surface area contributed by atoms with Crippen LogP contribution in [0.1, 0.15) is 28.0 Å². The zero-order valence-electron chi connectivity index (χ0n) is 12.0. The molecule has 5 nitrogen and oxygen atoms in total. The van der Waals surface area contributed by atoms with Crippen LogP contribution in [0.2, 0.25) is 5.02 Å². The Morgan fingerprint density at radius 1 is 1.32 bits per heavy atom. The van der Waals surface area contributed by atoms with E-state index < -0.39 is 5.91 Å². The molecule has 0 radical (unpaired) electrons. The summed E-state index contributed by atoms with van der Waals surface area (Å²) in [5.74, 6) is 0.00635. The van der Waals surface area contributed by atoms with Crippen molar-refractivity contribution in [3.63, 3.8) is 0 Å². The largest absolute Gasteiger partial charge is 0.495 e. The van der Waals surface area contributed by atoms with Crippen LogP contribution in [0.5, 0.6) is 5.75 Å². The number of fused-ring (bicyclic) bond motifs is 1. The van der Waals surface area contributed by atoms with Gasteiger partial charge in [-0.1, -0.05) is 11.6 Å². The molecule has 0 aliphatic heterocycles. The Morgan fingerprint density at radius 3 is 2.91 bits per heavy atom. The molecule has 0 saturated carbocycles. The van der Waals surface area contributed by atoms with E-state index >= 15 is 0 Å². The molecule has 0 atom stereocenters. The van der Waals surface area contributed by atoms with Crippen LogP contribution in [0, 0.1) is 0 Å². The smallest absolute Gasteiger partial charge is 0.261 e. The number of aromatic nitrogens is 1. The van der Waals surface area contributed by atoms with Crippen LogP contribution in [-0.4, -0.2) is 18.0 Å². The maximum Gasteiger partial charge on any atom is 0.261 e. The van der Waals surface area contributed by atoms with Crippen LogP contribution < -0.4 is 15.6 Å². The summed E-state index contributed by atoms with van der Waals surface area (Å²) in [6.07, 6.45) is 2.74. The zero-order chi connectivity index (χ0) is 15.7. The number of amides is 1. The van der Waals surface area contributed by atoms with Crippen molar-refractivity contribution in [1.82, 2.24) is 4.98 Å². The van der Waals surface area contributed by atoms with Crippen molar-refractivity contribution in [1.29, 1.82) is 0 Å². The van der Waals surface area contributed by atoms with Gasteiger partial charge in [-0.25, -0.2) is 0 Å². The standard InChI is InChI=1S/C16H15ClN2O3/c1-22-14-6-5-10(17)8-13(14)19-16(21)11-7-9-3-2-4-12(9)18-15(11)20/h5-8H,2-4H2,1H3,(H,18,20)(H,19,21). The minimum Gasteiger partial charge on any atom is -0.495 e. The molecule has 3 rings (SSSR count). The maximum absolute atomic E-state index is 12.4. The fourth-order valence-electron chi connectivity index (χ4n) is 2.65. The van der Waals surface area contributed by atoms with Gasteiger partial charge in [0.2, 0.25) is 0 Å². The minimum atomic E-state index is -0.475. The molecule has 2 aromatic rings. The predicted octanol–water partition coefficient (Wildman–Crippen LogP) is 2.78. The highest BCUT2D eigenvalue weighted by Gasteiger charge is 2.19. The third-order valence-electron chi connectivity index (χ3n) is 3.74. The Balaban J connectivity index is 1.93. The van der Waals surface area contributed by atoms with E-state index in [9.17, 15) is 9.59 Å². The maximum atomic E-state index is 12.4. The van der Waals surface area contributed by atoms with Crippen LogP contribution in [0.15, 0.2) is 29.1 Å². The Hall–Kier alpha value is -2.27. The SMILES string of the molecule is COc1ccc(Cl)cc1NC(=O)c1cc2c([nH]c1=O)CCC2. The number of carbonyl (C=O) groups is 1. The third-order valence-corrected chi connectivity index (χ3v) is 3.98. The summed E-state index contributed by atoms with van der Waals surface area (Å²) in [6.45, 7) is 0. The summed E-state index contributed by atoms with van der Waals surface area (Å²) < 4.78 is 5.18. The summed E-state index contributed by atoms with van der Waals surface area (Å²) in [5, 5.41) is 3.15. The van der Waals surface area contributed by atoms with Crippen LogP contribution in [0.3, 0.4) is 0 Å². The summed E-state index contributed by atoms with van der Waals surface area (Å²) in [6, 6.07) is 6.58. The summed E-state index contributed by atoms with van der Waals surface area (Å²) in [7, 11) is 1.50. The third kappa shape index (κ3) is 2.72. The van der Waals surface area contributed by atoms with E-state index in [2.05, 4.69) is 10.3 Å². The van der Waals surface area contributed by atoms with Crippen LogP contribution in [0.4, 0.5) is 5.69 Å². The minimum absolute atomic E-state index is 0.0997. The first kappa shape index (κ1) is 14.7. The molecular weight excluding hydrogens is 304 g/mol. The van der Waals surface area contributed by atoms with Crippen LogP contribution in [-0.2, 0) is 12.8 Å². The zero-order valence-corrected chi connectivity index (χ0v) is 12.8. The average molecular weight is 319 g/mol. The average Bonchev–Trinajstić information content (AvgIpc) is 2.93. The Bertz CT molecular complexity index is 798. The number of rotatable bonds is 3. The fourth-order valence-corrected chi connectivity index (χ4v) is 2.82. The van der Waals surface area contributed by atoms with Crippen molar-refractivity contribution in [2.24, 2.45) is 0 Å². The van der Waals surface area contributed by atoms with Crippen molar-refractivity contribution in [3.8, 4) is 5.75 Å². The molecule has 1 heterocycles. The van der Waals surface area contributed by atoms with E-state index in [4.69, 9.17) is 16.3 Å². The number of hydrogen-bond donors (Lipinski definition) is 2. The normalized spacial score (nSPS) is 12.8. The molecule has 1 amide bonds. The van der Waals surface area contributed by atoms with Gasteiger partial charge in [0.25, 0.3) is 11.5 Å². The molecule has 0 saturated heterocycles. The lowest BCUT2D eigenvalue weighted by Crippen LogP contribution is -2.24. The molecular formula is C16H15ClN2O3. The lowest BCUT2D eigenvalue weighted by atomic mass is 10.1. The molecule has 1 aromatic carbocycles. The second kappa shape index (κ2) is 5.85. The van der Waals surface area contributed by atoms with E-state index in [-0.39, 0.29) is 11.1 Å². The van der Waals surface area contributed by atoms with Crippen molar-refractivity contribution < 1.29 is 9.53 Å². The molecule has 0 bridgehead atoms. The highest BCUT2D eigenvalue weighted by atomic mass is 35.5. The van der Waals surface area contributed by atoms with E-state index in [1.54, 1.807) is 24.3 Å². The molecule has 114 valence electrons. The highest BCUT2D eigenvalue weighted by molar-refractivity contribution is 6.31. The molecule has 22 heavy (non-hydrogen) atoms. The van der Waals surface area contributed by atoms with Gasteiger partial charge >= 0.3 is 0 Å². The van der Waals surface area contributed by atoms with Crippen molar-refractivity contribution in [2.75, 3.05) is 12.4 Å². The van der Waals surface area contributed by atoms with Gasteiger partial charge in [-0.05, 0) is 49.1 Å².